The molecule has 0 spiro atoms. The second-order valence-electron chi connectivity index (χ2n) is 7.18. The van der Waals surface area contributed by atoms with Gasteiger partial charge in [0, 0.05) is 45.0 Å². The average Bonchev–Trinajstić information content (AvgIpc) is 2.58. The maximum atomic E-state index is 12.2. The summed E-state index contributed by atoms with van der Waals surface area (Å²) in [6.07, 6.45) is 3.53. The predicted octanol–water partition coefficient (Wildman–Crippen LogP) is 1.10. The van der Waals surface area contributed by atoms with Crippen LogP contribution in [0.25, 0.3) is 0 Å². The molecule has 1 aliphatic heterocycles. The zero-order valence-electron chi connectivity index (χ0n) is 15.9. The summed E-state index contributed by atoms with van der Waals surface area (Å²) in [5.74, 6) is 0.925. The van der Waals surface area contributed by atoms with E-state index in [-0.39, 0.29) is 11.3 Å². The van der Waals surface area contributed by atoms with E-state index in [0.717, 1.165) is 25.3 Å². The van der Waals surface area contributed by atoms with Crippen molar-refractivity contribution in [2.45, 2.75) is 44.9 Å². The second kappa shape index (κ2) is 8.70. The zero-order chi connectivity index (χ0) is 19.2. The number of rotatable bonds is 6. The van der Waals surface area contributed by atoms with Crippen LogP contribution >= 0.6 is 0 Å². The summed E-state index contributed by atoms with van der Waals surface area (Å²) in [6, 6.07) is 5.16. The van der Waals surface area contributed by atoms with Crippen LogP contribution in [0.3, 0.4) is 0 Å². The van der Waals surface area contributed by atoms with Gasteiger partial charge in [0.1, 0.15) is 0 Å². The van der Waals surface area contributed by atoms with Gasteiger partial charge in [-0.15, -0.1) is 0 Å². The molecular weight excluding hydrogens is 352 g/mol. The van der Waals surface area contributed by atoms with Gasteiger partial charge in [-0.2, -0.15) is 0 Å². The van der Waals surface area contributed by atoms with Crippen LogP contribution in [0.15, 0.2) is 34.2 Å². The molecule has 0 aliphatic carbocycles. The summed E-state index contributed by atoms with van der Waals surface area (Å²) in [4.78, 5) is 18.4. The molecule has 26 heavy (non-hydrogen) atoms. The fraction of sp³-hybridized carbons (Fsp3) is 0.667. The number of hydrogen-bond donors (Lipinski definition) is 1. The highest BCUT2D eigenvalue weighted by molar-refractivity contribution is 7.92. The standard InChI is InChI=1S/C18H30N4O3S/c1-4-19-17(22-13-14-26(24,25)18(2,3)15-22)20-10-6-8-12-21-11-7-5-9-16(21)23/h5,7,9,11H,4,6,8,10,12-15H2,1-3H3,(H,19,20). The van der Waals surface area contributed by atoms with Crippen molar-refractivity contribution in [3.8, 4) is 0 Å². The first-order chi connectivity index (χ1) is 12.3. The van der Waals surface area contributed by atoms with E-state index in [2.05, 4.69) is 10.3 Å². The average molecular weight is 383 g/mol. The maximum Gasteiger partial charge on any atom is 0.250 e. The van der Waals surface area contributed by atoms with Gasteiger partial charge in [-0.1, -0.05) is 6.07 Å². The predicted molar refractivity (Wildman–Crippen MR) is 105 cm³/mol. The van der Waals surface area contributed by atoms with Crippen LogP contribution in [-0.4, -0.2) is 60.5 Å². The number of aromatic nitrogens is 1. The normalized spacial score (nSPS) is 19.3. The third kappa shape index (κ3) is 5.09. The first-order valence-electron chi connectivity index (χ1n) is 9.18. The number of guanidine groups is 1. The van der Waals surface area contributed by atoms with E-state index in [9.17, 15) is 13.2 Å². The Morgan fingerprint density at radius 2 is 2.08 bits per heavy atom. The van der Waals surface area contributed by atoms with E-state index in [1.54, 1.807) is 36.7 Å². The number of nitrogens with one attached hydrogen (secondary N) is 1. The van der Waals surface area contributed by atoms with Crippen molar-refractivity contribution in [3.63, 3.8) is 0 Å². The first-order valence-corrected chi connectivity index (χ1v) is 10.8. The first kappa shape index (κ1) is 20.5. The molecular formula is C18H30N4O3S. The van der Waals surface area contributed by atoms with E-state index in [0.29, 0.717) is 26.2 Å². The molecule has 1 saturated heterocycles. The fourth-order valence-corrected chi connectivity index (χ4v) is 4.34. The van der Waals surface area contributed by atoms with Crippen LogP contribution in [0.1, 0.15) is 33.6 Å². The Hall–Kier alpha value is -1.83. The highest BCUT2D eigenvalue weighted by Gasteiger charge is 2.40. The minimum atomic E-state index is -3.06. The van der Waals surface area contributed by atoms with Gasteiger partial charge in [0.25, 0.3) is 0 Å². The summed E-state index contributed by atoms with van der Waals surface area (Å²) in [5, 5.41) is 3.26. The molecule has 0 saturated carbocycles. The van der Waals surface area contributed by atoms with Gasteiger partial charge in [0.2, 0.25) is 5.56 Å². The fourth-order valence-electron chi connectivity index (χ4n) is 2.97. The van der Waals surface area contributed by atoms with E-state index in [4.69, 9.17) is 0 Å². The lowest BCUT2D eigenvalue weighted by atomic mass is 10.2. The number of aliphatic imine (C=N–C) groups is 1. The largest absolute Gasteiger partial charge is 0.357 e. The smallest absolute Gasteiger partial charge is 0.250 e. The quantitative estimate of drug-likeness (QED) is 0.453. The molecule has 2 heterocycles. The molecule has 146 valence electrons. The van der Waals surface area contributed by atoms with Crippen LogP contribution in [0, 0.1) is 0 Å². The van der Waals surface area contributed by atoms with Crippen molar-refractivity contribution in [3.05, 3.63) is 34.7 Å². The van der Waals surface area contributed by atoms with Crippen LogP contribution in [0.4, 0.5) is 0 Å². The van der Waals surface area contributed by atoms with Crippen molar-refractivity contribution >= 4 is 15.8 Å². The van der Waals surface area contributed by atoms with Crippen LogP contribution in [-0.2, 0) is 16.4 Å². The highest BCUT2D eigenvalue weighted by atomic mass is 32.2. The SMILES string of the molecule is CCNC(=NCCCCn1ccccc1=O)N1CCS(=O)(=O)C(C)(C)C1. The second-order valence-corrected chi connectivity index (χ2v) is 9.92. The molecule has 7 nitrogen and oxygen atoms in total. The minimum absolute atomic E-state index is 0.0149. The van der Waals surface area contributed by atoms with Gasteiger partial charge in [-0.05, 0) is 39.7 Å². The van der Waals surface area contributed by atoms with E-state index in [1.165, 1.54) is 0 Å². The number of pyridine rings is 1. The topological polar surface area (TPSA) is 83.8 Å². The number of unbranched alkanes of at least 4 members (excludes halogenated alkanes) is 1. The van der Waals surface area contributed by atoms with Gasteiger partial charge >= 0.3 is 0 Å². The third-order valence-electron chi connectivity index (χ3n) is 4.65. The molecule has 1 fully saturated rings. The van der Waals surface area contributed by atoms with Gasteiger partial charge in [0.05, 0.1) is 10.5 Å². The number of aryl methyl sites for hydroxylation is 1. The lowest BCUT2D eigenvalue weighted by Crippen LogP contribution is -2.57. The van der Waals surface area contributed by atoms with Crippen LogP contribution in [0.5, 0.6) is 0 Å². The number of nitrogens with zero attached hydrogens (tertiary/aromatic N) is 3. The molecule has 1 N–H and O–H groups in total. The molecule has 1 aromatic rings. The maximum absolute atomic E-state index is 12.2. The zero-order valence-corrected chi connectivity index (χ0v) is 16.8. The molecule has 1 aliphatic rings. The van der Waals surface area contributed by atoms with Crippen molar-refractivity contribution in [1.82, 2.24) is 14.8 Å². The Morgan fingerprint density at radius 1 is 1.31 bits per heavy atom. The monoisotopic (exact) mass is 382 g/mol. The molecule has 2 rings (SSSR count). The lowest BCUT2D eigenvalue weighted by molar-refractivity contribution is 0.353. The molecule has 0 amide bonds. The summed E-state index contributed by atoms with van der Waals surface area (Å²) in [7, 11) is -3.06. The van der Waals surface area contributed by atoms with E-state index >= 15 is 0 Å². The van der Waals surface area contributed by atoms with E-state index < -0.39 is 14.6 Å². The Morgan fingerprint density at radius 3 is 2.73 bits per heavy atom. The van der Waals surface area contributed by atoms with Crippen LogP contribution < -0.4 is 10.9 Å². The van der Waals surface area contributed by atoms with Gasteiger partial charge in [-0.3, -0.25) is 9.79 Å². The molecule has 0 bridgehead atoms. The highest BCUT2D eigenvalue weighted by Crippen LogP contribution is 2.23. The molecule has 0 unspecified atom stereocenters. The van der Waals surface area contributed by atoms with Gasteiger partial charge in [0.15, 0.2) is 15.8 Å². The Labute approximate surface area is 156 Å². The van der Waals surface area contributed by atoms with Gasteiger partial charge in [-0.25, -0.2) is 8.42 Å². The molecule has 0 aromatic carbocycles. The Bertz CT molecular complexity index is 784. The van der Waals surface area contributed by atoms with Crippen LogP contribution in [0.2, 0.25) is 0 Å². The molecule has 8 heteroatoms. The molecule has 1 aromatic heterocycles. The number of hydrogen-bond acceptors (Lipinski definition) is 4. The van der Waals surface area contributed by atoms with Gasteiger partial charge < -0.3 is 14.8 Å². The molecule has 0 atom stereocenters. The molecule has 0 radical (unpaired) electrons. The summed E-state index contributed by atoms with van der Waals surface area (Å²) in [6.45, 7) is 8.53. The van der Waals surface area contributed by atoms with Crippen molar-refractivity contribution in [1.29, 1.82) is 0 Å². The number of sulfone groups is 1. The van der Waals surface area contributed by atoms with E-state index in [1.807, 2.05) is 17.9 Å². The van der Waals surface area contributed by atoms with Crippen molar-refractivity contribution in [2.75, 3.05) is 31.9 Å². The Kier molecular flexibility index (Phi) is 6.86. The van der Waals surface area contributed by atoms with Crippen molar-refractivity contribution in [2.24, 2.45) is 4.99 Å². The summed E-state index contributed by atoms with van der Waals surface area (Å²) in [5.41, 5.74) is 0.0149. The lowest BCUT2D eigenvalue weighted by Gasteiger charge is -2.39. The summed E-state index contributed by atoms with van der Waals surface area (Å²) < 4.78 is 25.3. The Balaban J connectivity index is 1.91. The van der Waals surface area contributed by atoms with Crippen molar-refractivity contribution < 1.29 is 8.42 Å². The summed E-state index contributed by atoms with van der Waals surface area (Å²) >= 11 is 0. The minimum Gasteiger partial charge on any atom is -0.357 e. The third-order valence-corrected chi connectivity index (χ3v) is 7.18.